The van der Waals surface area contributed by atoms with E-state index >= 15 is 0 Å². The Balaban J connectivity index is 1.74. The minimum absolute atomic E-state index is 0.0386. The van der Waals surface area contributed by atoms with Crippen LogP contribution in [0.3, 0.4) is 0 Å². The maximum Gasteiger partial charge on any atom is 0.185 e. The molecule has 1 aliphatic carbocycles. The van der Waals surface area contributed by atoms with E-state index in [2.05, 4.69) is 5.10 Å². The number of phenolic OH excluding ortho intramolecular Hbond substituents is 2. The van der Waals surface area contributed by atoms with Crippen LogP contribution in [0.5, 0.6) is 17.2 Å². The molecule has 3 aromatic rings. The van der Waals surface area contributed by atoms with E-state index in [0.29, 0.717) is 22.6 Å². The number of fused-ring (bicyclic) bond motifs is 4. The average Bonchev–Trinajstić information content (AvgIpc) is 3.27. The van der Waals surface area contributed by atoms with E-state index in [-0.39, 0.29) is 45.4 Å². The Morgan fingerprint density at radius 2 is 1.82 bits per heavy atom. The molecule has 2 aromatic carbocycles. The highest BCUT2D eigenvalue weighted by atomic mass is 16.8. The van der Waals surface area contributed by atoms with Crippen molar-refractivity contribution in [2.75, 3.05) is 0 Å². The predicted molar refractivity (Wildman–Crippen MR) is 119 cm³/mol. The second kappa shape index (κ2) is 7.00. The third-order valence-electron chi connectivity index (χ3n) is 6.60. The van der Waals surface area contributed by atoms with Crippen LogP contribution in [0, 0.1) is 19.1 Å². The molecule has 34 heavy (non-hydrogen) atoms. The monoisotopic (exact) mass is 463 g/mol. The summed E-state index contributed by atoms with van der Waals surface area (Å²) in [6, 6.07) is 6.04. The molecule has 1 aliphatic heterocycles. The first-order valence-electron chi connectivity index (χ1n) is 10.5. The number of allylic oxidation sites excluding steroid dienone is 1. The molecule has 0 spiro atoms. The minimum atomic E-state index is -1.43. The van der Waals surface area contributed by atoms with Crippen molar-refractivity contribution in [3.05, 3.63) is 68.9 Å². The van der Waals surface area contributed by atoms with Gasteiger partial charge in [0, 0.05) is 23.8 Å². The molecular formula is C24H21N3O7. The summed E-state index contributed by atoms with van der Waals surface area (Å²) >= 11 is 0. The summed E-state index contributed by atoms with van der Waals surface area (Å²) < 4.78 is 7.50. The topological polar surface area (TPSA) is 149 Å². The van der Waals surface area contributed by atoms with Gasteiger partial charge in [-0.25, -0.2) is 9.89 Å². The lowest BCUT2D eigenvalue weighted by Crippen LogP contribution is -2.99. The quantitative estimate of drug-likeness (QED) is 0.342. The fraction of sp³-hybridized carbons (Fsp3) is 0.208. The maximum absolute atomic E-state index is 13.9. The highest BCUT2D eigenvalue weighted by Gasteiger charge is 2.55. The zero-order chi connectivity index (χ0) is 24.7. The molecule has 2 aliphatic rings. The highest BCUT2D eigenvalue weighted by molar-refractivity contribution is 6.14. The molecule has 10 heteroatoms. The molecule has 2 atom stereocenters. The Hall–Kier alpha value is -3.99. The number of rotatable bonds is 3. The Morgan fingerprint density at radius 3 is 2.41 bits per heavy atom. The number of benzene rings is 2. The van der Waals surface area contributed by atoms with E-state index in [1.165, 1.54) is 30.7 Å². The van der Waals surface area contributed by atoms with Crippen molar-refractivity contribution in [1.82, 2.24) is 9.78 Å². The van der Waals surface area contributed by atoms with Crippen LogP contribution >= 0.6 is 0 Å². The molecule has 174 valence electrons. The minimum Gasteiger partial charge on any atom is -0.595 e. The largest absolute Gasteiger partial charge is 0.595 e. The normalized spacial score (nSPS) is 19.1. The van der Waals surface area contributed by atoms with Crippen LogP contribution in [0.2, 0.25) is 0 Å². The van der Waals surface area contributed by atoms with E-state index in [4.69, 9.17) is 9.94 Å². The van der Waals surface area contributed by atoms with Gasteiger partial charge in [-0.3, -0.25) is 9.59 Å². The van der Waals surface area contributed by atoms with Crippen LogP contribution in [0.15, 0.2) is 30.0 Å². The molecule has 0 fully saturated rings. The van der Waals surface area contributed by atoms with Crippen LogP contribution in [-0.2, 0) is 5.41 Å². The second-order valence-electron chi connectivity index (χ2n) is 8.63. The summed E-state index contributed by atoms with van der Waals surface area (Å²) in [6.45, 7) is 6.02. The molecule has 0 amide bonds. The van der Waals surface area contributed by atoms with Crippen molar-refractivity contribution in [2.24, 2.45) is 0 Å². The third-order valence-corrected chi connectivity index (χ3v) is 6.60. The van der Waals surface area contributed by atoms with E-state index < -0.39 is 22.2 Å². The number of hydrogen-bond acceptors (Lipinski definition) is 8. The summed E-state index contributed by atoms with van der Waals surface area (Å²) in [4.78, 5) is 26.2. The van der Waals surface area contributed by atoms with E-state index in [0.717, 1.165) is 0 Å². The first kappa shape index (κ1) is 21.8. The number of aromatic nitrogens is 2. The predicted octanol–water partition coefficient (Wildman–Crippen LogP) is 2.39. The van der Waals surface area contributed by atoms with Crippen molar-refractivity contribution < 1.29 is 35.0 Å². The van der Waals surface area contributed by atoms with E-state index in [1.807, 2.05) is 0 Å². The molecule has 0 saturated heterocycles. The number of nitrogens with one attached hydrogen (secondary N) is 1. The summed E-state index contributed by atoms with van der Waals surface area (Å²) in [5, 5.41) is 45.2. The summed E-state index contributed by atoms with van der Waals surface area (Å²) in [5.74, 6) is -1.40. The van der Waals surface area contributed by atoms with Crippen molar-refractivity contribution in [3.63, 3.8) is 0 Å². The van der Waals surface area contributed by atoms with Gasteiger partial charge < -0.3 is 20.2 Å². The lowest BCUT2D eigenvalue weighted by molar-refractivity contribution is -0.991. The van der Waals surface area contributed by atoms with Gasteiger partial charge in [-0.05, 0) is 39.8 Å². The van der Waals surface area contributed by atoms with Crippen molar-refractivity contribution in [3.8, 4) is 22.9 Å². The number of ketones is 2. The summed E-state index contributed by atoms with van der Waals surface area (Å²) in [7, 11) is 0. The first-order chi connectivity index (χ1) is 16.0. The summed E-state index contributed by atoms with van der Waals surface area (Å²) in [5.41, 5.74) is 0.526. The number of phenols is 2. The van der Waals surface area contributed by atoms with Crippen molar-refractivity contribution in [1.29, 1.82) is 0 Å². The zero-order valence-electron chi connectivity index (χ0n) is 18.8. The van der Waals surface area contributed by atoms with Crippen molar-refractivity contribution >= 4 is 23.3 Å². The van der Waals surface area contributed by atoms with E-state index in [1.54, 1.807) is 32.1 Å². The number of carbonyl (C=O) groups excluding carboxylic acids is 2. The SMILES string of the molecule is CC(=O)c1c(O)c(C)c(O)c2c1OC1=Cc3c(c(C)nn3-c3ccc([NH+]([O-])O)cc3)C(=O)C12C. The zero-order valence-corrected chi connectivity index (χ0v) is 18.8. The molecule has 0 bridgehead atoms. The van der Waals surface area contributed by atoms with Gasteiger partial charge in [-0.1, -0.05) is 0 Å². The number of aryl methyl sites for hydroxylation is 1. The molecule has 10 nitrogen and oxygen atoms in total. The fourth-order valence-corrected chi connectivity index (χ4v) is 4.73. The van der Waals surface area contributed by atoms with Gasteiger partial charge in [0.2, 0.25) is 0 Å². The molecule has 2 heterocycles. The molecule has 0 saturated carbocycles. The number of ether oxygens (including phenoxy) is 1. The van der Waals surface area contributed by atoms with Crippen molar-refractivity contribution in [2.45, 2.75) is 33.1 Å². The van der Waals surface area contributed by atoms with Gasteiger partial charge >= 0.3 is 0 Å². The first-order valence-corrected chi connectivity index (χ1v) is 10.5. The molecule has 5 rings (SSSR count). The van der Waals surface area contributed by atoms with Crippen LogP contribution in [0.25, 0.3) is 11.8 Å². The highest BCUT2D eigenvalue weighted by Crippen LogP contribution is 2.58. The number of carbonyl (C=O) groups is 2. The lowest BCUT2D eigenvalue weighted by atomic mass is 9.71. The second-order valence-corrected chi connectivity index (χ2v) is 8.63. The van der Waals surface area contributed by atoms with Gasteiger partial charge in [0.05, 0.1) is 28.2 Å². The maximum atomic E-state index is 13.9. The molecule has 4 N–H and O–H groups in total. The van der Waals surface area contributed by atoms with Crippen LogP contribution < -0.4 is 9.96 Å². The van der Waals surface area contributed by atoms with Crippen LogP contribution in [0.4, 0.5) is 5.69 Å². The van der Waals surface area contributed by atoms with Gasteiger partial charge in [-0.15, -0.1) is 0 Å². The summed E-state index contributed by atoms with van der Waals surface area (Å²) in [6.07, 6.45) is 1.62. The molecule has 0 radical (unpaired) electrons. The van der Waals surface area contributed by atoms with Gasteiger partial charge in [0.25, 0.3) is 0 Å². The number of quaternary nitrogens is 1. The average molecular weight is 463 g/mol. The number of hydrogen-bond donors (Lipinski definition) is 4. The third kappa shape index (κ3) is 2.64. The van der Waals surface area contributed by atoms with Gasteiger partial charge in [0.15, 0.2) is 17.3 Å². The van der Waals surface area contributed by atoms with Gasteiger partial charge in [-0.2, -0.15) is 10.3 Å². The fourth-order valence-electron chi connectivity index (χ4n) is 4.73. The molecule has 1 aromatic heterocycles. The number of aromatic hydroxyl groups is 2. The Labute approximate surface area is 193 Å². The lowest BCUT2D eigenvalue weighted by Gasteiger charge is -2.27. The van der Waals surface area contributed by atoms with E-state index in [9.17, 15) is 25.0 Å². The Morgan fingerprint density at radius 1 is 1.18 bits per heavy atom. The smallest absolute Gasteiger partial charge is 0.185 e. The molecule has 2 unspecified atom stereocenters. The van der Waals surface area contributed by atoms with Crippen LogP contribution in [0.1, 0.15) is 57.1 Å². The Bertz CT molecular complexity index is 1450. The Kier molecular flexibility index (Phi) is 4.50. The molecular weight excluding hydrogens is 442 g/mol. The van der Waals surface area contributed by atoms with Gasteiger partial charge in [0.1, 0.15) is 34.0 Å². The van der Waals surface area contributed by atoms with Crippen LogP contribution in [-0.4, -0.2) is 36.8 Å². The number of Topliss-reactive ketones (excluding diaryl/α,β-unsaturated/α-hetero) is 2. The standard InChI is InChI=1S/C24H21N3O7/c1-10-20(29)18(12(3)28)22-19(21(10)30)24(4)16(34-22)9-15-17(23(24)31)11(2)25-26(15)13-5-7-14(8-6-13)27(32)33/h5-9,27,29-30,32H,1-4H3. The number of nitrogens with zero attached hydrogens (tertiary/aromatic N) is 2.